The van der Waals surface area contributed by atoms with Crippen molar-refractivity contribution < 1.29 is 0 Å². The van der Waals surface area contributed by atoms with Gasteiger partial charge in [0.1, 0.15) is 5.15 Å². The molecule has 5 heteroatoms. The molecule has 0 amide bonds. The van der Waals surface area contributed by atoms with Crippen LogP contribution in [0.25, 0.3) is 5.78 Å². The second-order valence-electron chi connectivity index (χ2n) is 2.04. The van der Waals surface area contributed by atoms with Crippen LogP contribution >= 0.6 is 23.2 Å². The number of nitrogens with zero attached hydrogens (tertiary/aromatic N) is 3. The normalized spacial score (nSPS) is 10.7. The third kappa shape index (κ3) is 1.17. The first-order valence-corrected chi connectivity index (χ1v) is 3.67. The lowest BCUT2D eigenvalue weighted by atomic mass is 10.6. The average molecular weight is 188 g/mol. The molecule has 2 aromatic heterocycles. The summed E-state index contributed by atoms with van der Waals surface area (Å²) in [6.45, 7) is 0. The number of hydrogen-bond donors (Lipinski definition) is 0. The lowest BCUT2D eigenvalue weighted by molar-refractivity contribution is 1.11. The van der Waals surface area contributed by atoms with Gasteiger partial charge in [-0.3, -0.25) is 4.40 Å². The van der Waals surface area contributed by atoms with Crippen LogP contribution in [0, 0.1) is 0 Å². The number of imidazole rings is 1. The van der Waals surface area contributed by atoms with E-state index in [0.717, 1.165) is 0 Å². The molecule has 0 bridgehead atoms. The van der Waals surface area contributed by atoms with E-state index in [1.54, 1.807) is 16.8 Å². The predicted molar refractivity (Wildman–Crippen MR) is 43.0 cm³/mol. The van der Waals surface area contributed by atoms with Gasteiger partial charge in [0.05, 0.1) is 11.2 Å². The molecular weight excluding hydrogens is 185 g/mol. The van der Waals surface area contributed by atoms with Gasteiger partial charge in [0, 0.05) is 12.4 Å². The molecular formula is C6H3Cl2N3. The van der Waals surface area contributed by atoms with E-state index in [-0.39, 0.29) is 0 Å². The molecule has 2 heterocycles. The second-order valence-corrected chi connectivity index (χ2v) is 2.87. The summed E-state index contributed by atoms with van der Waals surface area (Å²) in [5, 5.41) is 0.978. The van der Waals surface area contributed by atoms with Crippen LogP contribution in [0.3, 0.4) is 0 Å². The molecule has 0 saturated heterocycles. The molecule has 0 radical (unpaired) electrons. The van der Waals surface area contributed by atoms with Crippen molar-refractivity contribution in [3.63, 3.8) is 0 Å². The summed E-state index contributed by atoms with van der Waals surface area (Å²) in [7, 11) is 0. The van der Waals surface area contributed by atoms with Crippen LogP contribution in [0.5, 0.6) is 0 Å². The van der Waals surface area contributed by atoms with Crippen molar-refractivity contribution in [1.82, 2.24) is 14.4 Å². The molecule has 0 saturated carbocycles. The topological polar surface area (TPSA) is 30.2 Å². The number of halogens is 2. The molecule has 3 nitrogen and oxygen atoms in total. The van der Waals surface area contributed by atoms with Gasteiger partial charge in [-0.15, -0.1) is 0 Å². The zero-order valence-corrected chi connectivity index (χ0v) is 6.84. The fourth-order valence-electron chi connectivity index (χ4n) is 0.831. The Kier molecular flexibility index (Phi) is 1.47. The van der Waals surface area contributed by atoms with Crippen LogP contribution in [0.2, 0.25) is 10.2 Å². The molecule has 2 rings (SSSR count). The molecule has 2 aromatic rings. The van der Waals surface area contributed by atoms with Crippen molar-refractivity contribution in [2.24, 2.45) is 0 Å². The van der Waals surface area contributed by atoms with Gasteiger partial charge in [0.25, 0.3) is 0 Å². The van der Waals surface area contributed by atoms with Crippen molar-refractivity contribution in [2.75, 3.05) is 0 Å². The van der Waals surface area contributed by atoms with Crippen molar-refractivity contribution in [3.8, 4) is 0 Å². The van der Waals surface area contributed by atoms with E-state index in [4.69, 9.17) is 23.2 Å². The maximum absolute atomic E-state index is 5.67. The highest BCUT2D eigenvalue weighted by Gasteiger charge is 1.98. The Morgan fingerprint density at radius 1 is 1.27 bits per heavy atom. The van der Waals surface area contributed by atoms with Crippen molar-refractivity contribution in [2.45, 2.75) is 0 Å². The van der Waals surface area contributed by atoms with Crippen molar-refractivity contribution in [1.29, 1.82) is 0 Å². The Hall–Kier alpha value is -0.800. The largest absolute Gasteiger partial charge is 0.288 e. The zero-order chi connectivity index (χ0) is 7.84. The molecule has 0 aliphatic carbocycles. The highest BCUT2D eigenvalue weighted by Crippen LogP contribution is 2.11. The minimum Gasteiger partial charge on any atom is -0.288 e. The third-order valence-electron chi connectivity index (χ3n) is 1.25. The first-order chi connectivity index (χ1) is 5.25. The van der Waals surface area contributed by atoms with Gasteiger partial charge < -0.3 is 0 Å². The van der Waals surface area contributed by atoms with Gasteiger partial charge in [0.2, 0.25) is 5.78 Å². The van der Waals surface area contributed by atoms with E-state index >= 15 is 0 Å². The van der Waals surface area contributed by atoms with Crippen LogP contribution in [-0.2, 0) is 0 Å². The summed E-state index contributed by atoms with van der Waals surface area (Å²) in [4.78, 5) is 7.85. The fraction of sp³-hybridized carbons (Fsp3) is 0. The van der Waals surface area contributed by atoms with E-state index < -0.39 is 0 Å². The quantitative estimate of drug-likeness (QED) is 0.633. The first kappa shape index (κ1) is 6.88. The van der Waals surface area contributed by atoms with Crippen molar-refractivity contribution in [3.05, 3.63) is 28.8 Å². The minimum absolute atomic E-state index is 0.416. The number of rotatable bonds is 0. The number of aromatic nitrogens is 3. The molecule has 0 atom stereocenters. The number of hydrogen-bond acceptors (Lipinski definition) is 2. The zero-order valence-electron chi connectivity index (χ0n) is 5.33. The average Bonchev–Trinajstić information content (AvgIpc) is 2.27. The Balaban J connectivity index is 2.82. The monoisotopic (exact) mass is 187 g/mol. The summed E-state index contributed by atoms with van der Waals surface area (Å²) in [5.41, 5.74) is 0. The van der Waals surface area contributed by atoms with E-state index in [2.05, 4.69) is 9.97 Å². The summed E-state index contributed by atoms with van der Waals surface area (Å²) in [6, 6.07) is 0. The van der Waals surface area contributed by atoms with Crippen LogP contribution in [-0.4, -0.2) is 14.4 Å². The van der Waals surface area contributed by atoms with E-state index in [0.29, 0.717) is 16.0 Å². The predicted octanol–water partition coefficient (Wildman–Crippen LogP) is 2.04. The van der Waals surface area contributed by atoms with Crippen LogP contribution in [0.15, 0.2) is 18.6 Å². The lowest BCUT2D eigenvalue weighted by Gasteiger charge is -1.90. The summed E-state index contributed by atoms with van der Waals surface area (Å²) < 4.78 is 1.67. The van der Waals surface area contributed by atoms with Gasteiger partial charge in [-0.25, -0.2) is 4.98 Å². The van der Waals surface area contributed by atoms with Crippen LogP contribution in [0.1, 0.15) is 0 Å². The second kappa shape index (κ2) is 2.36. The molecule has 56 valence electrons. The van der Waals surface area contributed by atoms with Gasteiger partial charge >= 0.3 is 0 Å². The SMILES string of the molecule is Clc1cnc2nc(Cl)cn2c1. The maximum atomic E-state index is 5.67. The third-order valence-corrected chi connectivity index (χ3v) is 1.63. The van der Waals surface area contributed by atoms with Gasteiger partial charge in [0.15, 0.2) is 0 Å². The highest BCUT2D eigenvalue weighted by molar-refractivity contribution is 6.30. The van der Waals surface area contributed by atoms with Gasteiger partial charge in [-0.05, 0) is 0 Å². The lowest BCUT2D eigenvalue weighted by Crippen LogP contribution is -1.85. The minimum atomic E-state index is 0.416. The molecule has 0 N–H and O–H groups in total. The Bertz CT molecular complexity index is 396. The van der Waals surface area contributed by atoms with E-state index in [9.17, 15) is 0 Å². The standard InChI is InChI=1S/C6H3Cl2N3/c7-4-1-9-6-10-5(8)3-11(6)2-4/h1-3H. The molecule has 0 aliphatic heterocycles. The Labute approximate surface area is 72.6 Å². The smallest absolute Gasteiger partial charge is 0.235 e. The first-order valence-electron chi connectivity index (χ1n) is 2.91. The molecule has 0 aromatic carbocycles. The number of fused-ring (bicyclic) bond motifs is 1. The van der Waals surface area contributed by atoms with Crippen LogP contribution in [0.4, 0.5) is 0 Å². The van der Waals surface area contributed by atoms with Crippen molar-refractivity contribution >= 4 is 29.0 Å². The summed E-state index contributed by atoms with van der Waals surface area (Å²) in [6.07, 6.45) is 4.87. The summed E-state index contributed by atoms with van der Waals surface area (Å²) in [5.74, 6) is 0.555. The van der Waals surface area contributed by atoms with Gasteiger partial charge in [-0.2, -0.15) is 4.98 Å². The van der Waals surface area contributed by atoms with Gasteiger partial charge in [-0.1, -0.05) is 23.2 Å². The Morgan fingerprint density at radius 3 is 2.91 bits per heavy atom. The molecule has 0 spiro atoms. The maximum Gasteiger partial charge on any atom is 0.235 e. The molecule has 0 fully saturated rings. The fourth-order valence-corrected chi connectivity index (χ4v) is 1.17. The molecule has 0 unspecified atom stereocenters. The van der Waals surface area contributed by atoms with E-state index in [1.807, 2.05) is 0 Å². The van der Waals surface area contributed by atoms with Crippen LogP contribution < -0.4 is 0 Å². The summed E-state index contributed by atoms with van der Waals surface area (Å²) >= 11 is 11.3. The van der Waals surface area contributed by atoms with E-state index in [1.165, 1.54) is 6.20 Å². The Morgan fingerprint density at radius 2 is 2.09 bits per heavy atom. The molecule has 11 heavy (non-hydrogen) atoms. The highest BCUT2D eigenvalue weighted by atomic mass is 35.5. The molecule has 0 aliphatic rings.